The zero-order chi connectivity index (χ0) is 11.8. The highest BCUT2D eigenvalue weighted by molar-refractivity contribution is 7.71. The molecule has 2 aromatic rings. The summed E-state index contributed by atoms with van der Waals surface area (Å²) in [6, 6.07) is 6.35. The van der Waals surface area contributed by atoms with Crippen LogP contribution in [0.1, 0.15) is 31.2 Å². The van der Waals surface area contributed by atoms with Gasteiger partial charge in [-0.15, -0.1) is 0 Å². The predicted octanol–water partition coefficient (Wildman–Crippen LogP) is 4.20. The van der Waals surface area contributed by atoms with Crippen LogP contribution >= 0.6 is 12.2 Å². The highest BCUT2D eigenvalue weighted by atomic mass is 32.1. The summed E-state index contributed by atoms with van der Waals surface area (Å²) in [6.45, 7) is 3.22. The van der Waals surface area contributed by atoms with Crippen molar-refractivity contribution in [1.29, 1.82) is 0 Å². The summed E-state index contributed by atoms with van der Waals surface area (Å²) in [5.41, 5.74) is 3.77. The van der Waals surface area contributed by atoms with E-state index in [4.69, 9.17) is 12.2 Å². The molecule has 1 aliphatic rings. The average Bonchev–Trinajstić information content (AvgIpc) is 2.54. The lowest BCUT2D eigenvalue weighted by molar-refractivity contribution is 0.283. The largest absolute Gasteiger partial charge is 0.331 e. The van der Waals surface area contributed by atoms with Crippen molar-refractivity contribution >= 4 is 23.3 Å². The van der Waals surface area contributed by atoms with Gasteiger partial charge < -0.3 is 9.55 Å². The molecule has 0 unspecified atom stereocenters. The third-order valence-electron chi connectivity index (χ3n) is 3.98. The average molecular weight is 246 g/mol. The molecule has 1 N–H and O–H groups in total. The number of aryl methyl sites for hydroxylation is 2. The number of H-pyrrole nitrogens is 1. The quantitative estimate of drug-likeness (QED) is 0.805. The molecule has 2 nitrogen and oxygen atoms in total. The molecular formula is C14H18N2S. The van der Waals surface area contributed by atoms with Crippen molar-refractivity contribution in [2.75, 3.05) is 0 Å². The van der Waals surface area contributed by atoms with Gasteiger partial charge in [-0.05, 0) is 43.1 Å². The smallest absolute Gasteiger partial charge is 0.178 e. The number of nitrogens with one attached hydrogen (secondary N) is 1. The molecule has 0 atom stereocenters. The summed E-state index contributed by atoms with van der Waals surface area (Å²) in [4.78, 5) is 3.31. The topological polar surface area (TPSA) is 20.7 Å². The second-order valence-corrected chi connectivity index (χ2v) is 5.53. The van der Waals surface area contributed by atoms with Crippen LogP contribution in [-0.2, 0) is 6.54 Å². The maximum Gasteiger partial charge on any atom is 0.178 e. The second kappa shape index (κ2) is 4.30. The minimum atomic E-state index is 0.869. The van der Waals surface area contributed by atoms with Crippen LogP contribution in [0.5, 0.6) is 0 Å². The first-order valence-corrected chi connectivity index (χ1v) is 6.84. The van der Waals surface area contributed by atoms with Gasteiger partial charge in [-0.2, -0.15) is 0 Å². The van der Waals surface area contributed by atoms with Crippen LogP contribution in [-0.4, -0.2) is 9.55 Å². The number of aromatic amines is 1. The lowest BCUT2D eigenvalue weighted by Gasteiger charge is -2.25. The molecule has 1 fully saturated rings. The summed E-state index contributed by atoms with van der Waals surface area (Å²) in [5.74, 6) is 0.936. The Hall–Kier alpha value is -1.09. The molecule has 0 radical (unpaired) electrons. The van der Waals surface area contributed by atoms with Crippen molar-refractivity contribution in [3.8, 4) is 0 Å². The molecule has 0 amide bonds. The van der Waals surface area contributed by atoms with E-state index in [0.717, 1.165) is 17.2 Å². The fourth-order valence-corrected chi connectivity index (χ4v) is 3.00. The third kappa shape index (κ3) is 1.93. The van der Waals surface area contributed by atoms with Gasteiger partial charge in [0.2, 0.25) is 0 Å². The monoisotopic (exact) mass is 246 g/mol. The normalized spacial score (nSPS) is 16.3. The van der Waals surface area contributed by atoms with E-state index in [-0.39, 0.29) is 0 Å². The molecule has 3 rings (SSSR count). The van der Waals surface area contributed by atoms with Crippen LogP contribution in [0.4, 0.5) is 0 Å². The second-order valence-electron chi connectivity index (χ2n) is 5.14. The number of hydrogen-bond acceptors (Lipinski definition) is 1. The number of rotatable bonds is 3. The highest BCUT2D eigenvalue weighted by Crippen LogP contribution is 2.30. The van der Waals surface area contributed by atoms with E-state index in [1.165, 1.54) is 42.3 Å². The van der Waals surface area contributed by atoms with Gasteiger partial charge in [0.25, 0.3) is 0 Å². The molecule has 1 aromatic heterocycles. The Morgan fingerprint density at radius 2 is 2.24 bits per heavy atom. The van der Waals surface area contributed by atoms with Gasteiger partial charge in [0.15, 0.2) is 4.77 Å². The number of imidazole rings is 1. The lowest BCUT2D eigenvalue weighted by atomic mass is 9.83. The van der Waals surface area contributed by atoms with Gasteiger partial charge in [-0.3, -0.25) is 0 Å². The summed E-state index contributed by atoms with van der Waals surface area (Å²) >= 11 is 5.43. The number of benzene rings is 1. The molecule has 0 aliphatic heterocycles. The van der Waals surface area contributed by atoms with Crippen LogP contribution in [0.2, 0.25) is 0 Å². The van der Waals surface area contributed by atoms with E-state index in [2.05, 4.69) is 34.7 Å². The molecule has 0 bridgehead atoms. The Balaban J connectivity index is 1.96. The molecule has 1 saturated carbocycles. The van der Waals surface area contributed by atoms with Crippen LogP contribution in [0.25, 0.3) is 11.0 Å². The molecule has 3 heteroatoms. The van der Waals surface area contributed by atoms with E-state index < -0.39 is 0 Å². The van der Waals surface area contributed by atoms with Crippen LogP contribution in [0.15, 0.2) is 18.2 Å². The zero-order valence-corrected chi connectivity index (χ0v) is 11.0. The summed E-state index contributed by atoms with van der Waals surface area (Å²) in [7, 11) is 0. The summed E-state index contributed by atoms with van der Waals surface area (Å²) < 4.78 is 3.15. The number of para-hydroxylation sites is 1. The zero-order valence-electron chi connectivity index (χ0n) is 10.2. The predicted molar refractivity (Wildman–Crippen MR) is 73.8 cm³/mol. The highest BCUT2D eigenvalue weighted by Gasteiger charge is 2.17. The lowest BCUT2D eigenvalue weighted by Crippen LogP contribution is -2.14. The Bertz CT molecular complexity index is 590. The van der Waals surface area contributed by atoms with Gasteiger partial charge in [0.05, 0.1) is 11.0 Å². The van der Waals surface area contributed by atoms with Gasteiger partial charge in [0.1, 0.15) is 0 Å². The Morgan fingerprint density at radius 3 is 2.94 bits per heavy atom. The molecular weight excluding hydrogens is 228 g/mol. The van der Waals surface area contributed by atoms with Crippen molar-refractivity contribution < 1.29 is 0 Å². The summed E-state index contributed by atoms with van der Waals surface area (Å²) in [5, 5.41) is 0. The molecule has 90 valence electrons. The number of nitrogens with zero attached hydrogens (tertiary/aromatic N) is 1. The van der Waals surface area contributed by atoms with E-state index in [0.29, 0.717) is 0 Å². The van der Waals surface area contributed by atoms with E-state index >= 15 is 0 Å². The maximum atomic E-state index is 5.43. The van der Waals surface area contributed by atoms with E-state index in [1.807, 2.05) is 0 Å². The molecule has 1 aliphatic carbocycles. The first-order chi connectivity index (χ1) is 8.25. The Kier molecular flexibility index (Phi) is 2.79. The van der Waals surface area contributed by atoms with Crippen LogP contribution in [0.3, 0.4) is 0 Å². The first kappa shape index (κ1) is 11.0. The Labute approximate surface area is 107 Å². The standard InChI is InChI=1S/C14H18N2S/c1-10-4-2-7-12-13(10)16(14(17)15-12)9-8-11-5-3-6-11/h2,4,7,11H,3,5-6,8-9H2,1H3,(H,15,17). The first-order valence-electron chi connectivity index (χ1n) is 6.44. The van der Waals surface area contributed by atoms with Crippen LogP contribution < -0.4 is 0 Å². The molecule has 0 spiro atoms. The van der Waals surface area contributed by atoms with Gasteiger partial charge in [0, 0.05) is 6.54 Å². The van der Waals surface area contributed by atoms with Crippen molar-refractivity contribution in [2.45, 2.75) is 39.2 Å². The molecule has 1 aromatic carbocycles. The van der Waals surface area contributed by atoms with Gasteiger partial charge in [-0.1, -0.05) is 31.4 Å². The van der Waals surface area contributed by atoms with Crippen molar-refractivity contribution in [1.82, 2.24) is 9.55 Å². The van der Waals surface area contributed by atoms with Crippen molar-refractivity contribution in [3.63, 3.8) is 0 Å². The van der Waals surface area contributed by atoms with Crippen LogP contribution in [0, 0.1) is 17.6 Å². The molecule has 17 heavy (non-hydrogen) atoms. The SMILES string of the molecule is Cc1cccc2[nH]c(=S)n(CCC3CCC3)c12. The van der Waals surface area contributed by atoms with E-state index in [9.17, 15) is 0 Å². The van der Waals surface area contributed by atoms with Crippen molar-refractivity contribution in [2.24, 2.45) is 5.92 Å². The van der Waals surface area contributed by atoms with E-state index in [1.54, 1.807) is 0 Å². The number of hydrogen-bond donors (Lipinski definition) is 1. The fraction of sp³-hybridized carbons (Fsp3) is 0.500. The fourth-order valence-electron chi connectivity index (χ4n) is 2.71. The Morgan fingerprint density at radius 1 is 1.41 bits per heavy atom. The number of fused-ring (bicyclic) bond motifs is 1. The third-order valence-corrected chi connectivity index (χ3v) is 4.30. The summed E-state index contributed by atoms with van der Waals surface area (Å²) in [6.07, 6.45) is 5.52. The van der Waals surface area contributed by atoms with Crippen molar-refractivity contribution in [3.05, 3.63) is 28.5 Å². The molecule has 0 saturated heterocycles. The molecule has 1 heterocycles. The maximum absolute atomic E-state index is 5.43. The minimum absolute atomic E-state index is 0.869. The van der Waals surface area contributed by atoms with Gasteiger partial charge in [-0.25, -0.2) is 0 Å². The van der Waals surface area contributed by atoms with Gasteiger partial charge >= 0.3 is 0 Å². The number of aromatic nitrogens is 2. The minimum Gasteiger partial charge on any atom is -0.331 e.